The molecule has 0 aliphatic rings. The molecule has 0 bridgehead atoms. The van der Waals surface area contributed by atoms with Crippen LogP contribution < -0.4 is 0 Å². The standard InChI is InChI=1S/C7H9O6PS/c8-14(9,10)15(11,12)13-6-7-4-2-1-3-5-7/h1-5H,6H2,(H2,8,9,10). The monoisotopic (exact) mass is 252 g/mol. The van der Waals surface area contributed by atoms with E-state index < -0.39 is 23.1 Å². The molecule has 1 rings (SSSR count). The highest BCUT2D eigenvalue weighted by Gasteiger charge is 2.35. The minimum atomic E-state index is -5.26. The van der Waals surface area contributed by atoms with Crippen molar-refractivity contribution in [3.8, 4) is 0 Å². The predicted molar refractivity (Wildman–Crippen MR) is 52.2 cm³/mol. The van der Waals surface area contributed by atoms with Gasteiger partial charge in [0.1, 0.15) is 0 Å². The van der Waals surface area contributed by atoms with Crippen molar-refractivity contribution in [1.82, 2.24) is 0 Å². The molecule has 8 heteroatoms. The average molecular weight is 252 g/mol. The van der Waals surface area contributed by atoms with E-state index in [1.807, 2.05) is 0 Å². The molecule has 0 heterocycles. The summed E-state index contributed by atoms with van der Waals surface area (Å²) in [6.07, 6.45) is 0. The van der Waals surface area contributed by atoms with Crippen LogP contribution in [0, 0.1) is 0 Å². The molecular weight excluding hydrogens is 243 g/mol. The fourth-order valence-electron chi connectivity index (χ4n) is 0.785. The Morgan fingerprint density at radius 3 is 2.20 bits per heavy atom. The van der Waals surface area contributed by atoms with Crippen LogP contribution in [0.4, 0.5) is 0 Å². The normalized spacial score (nSPS) is 12.7. The first kappa shape index (κ1) is 12.4. The molecule has 15 heavy (non-hydrogen) atoms. The maximum absolute atomic E-state index is 10.8. The fourth-order valence-corrected chi connectivity index (χ4v) is 1.78. The summed E-state index contributed by atoms with van der Waals surface area (Å²) in [6, 6.07) is 8.19. The highest BCUT2D eigenvalue weighted by Crippen LogP contribution is 2.44. The summed E-state index contributed by atoms with van der Waals surface area (Å²) in [5, 5.41) is 0. The summed E-state index contributed by atoms with van der Waals surface area (Å²) in [5.74, 6) is 0. The Kier molecular flexibility index (Phi) is 3.64. The van der Waals surface area contributed by atoms with Gasteiger partial charge in [0.2, 0.25) is 0 Å². The maximum Gasteiger partial charge on any atom is 0.466 e. The fraction of sp³-hybridized carbons (Fsp3) is 0.143. The van der Waals surface area contributed by atoms with Crippen molar-refractivity contribution in [3.63, 3.8) is 0 Å². The molecule has 0 saturated carbocycles. The Morgan fingerprint density at radius 2 is 1.73 bits per heavy atom. The van der Waals surface area contributed by atoms with Gasteiger partial charge in [0.05, 0.1) is 6.61 Å². The number of benzene rings is 1. The summed E-state index contributed by atoms with van der Waals surface area (Å²) in [5.41, 5.74) is 0.509. The Bertz CT molecular complexity index is 462. The summed E-state index contributed by atoms with van der Waals surface area (Å²) in [6.45, 7) is -5.65. The molecule has 0 fully saturated rings. The van der Waals surface area contributed by atoms with Gasteiger partial charge in [0.25, 0.3) is 0 Å². The Hall–Kier alpha value is -0.720. The predicted octanol–water partition coefficient (Wildman–Crippen LogP) is 0.626. The van der Waals surface area contributed by atoms with Gasteiger partial charge in [0.15, 0.2) is 0 Å². The first-order valence-corrected chi connectivity index (χ1v) is 7.44. The molecule has 0 amide bonds. The van der Waals surface area contributed by atoms with Crippen LogP contribution in [0.3, 0.4) is 0 Å². The summed E-state index contributed by atoms with van der Waals surface area (Å²) < 4.78 is 36.3. The molecule has 0 saturated heterocycles. The van der Waals surface area contributed by atoms with Gasteiger partial charge in [-0.1, -0.05) is 30.3 Å². The van der Waals surface area contributed by atoms with E-state index in [1.165, 1.54) is 0 Å². The van der Waals surface area contributed by atoms with Crippen LogP contribution in [0.1, 0.15) is 5.56 Å². The van der Waals surface area contributed by atoms with Crippen LogP contribution in [-0.2, 0) is 25.1 Å². The van der Waals surface area contributed by atoms with E-state index in [0.29, 0.717) is 5.56 Å². The molecule has 1 aromatic rings. The second-order valence-corrected chi connectivity index (χ2v) is 7.51. The average Bonchev–Trinajstić information content (AvgIpc) is 2.15. The second-order valence-electron chi connectivity index (χ2n) is 2.67. The zero-order valence-electron chi connectivity index (χ0n) is 7.48. The summed E-state index contributed by atoms with van der Waals surface area (Å²) in [4.78, 5) is 16.8. The lowest BCUT2D eigenvalue weighted by Crippen LogP contribution is -2.05. The Balaban J connectivity index is 2.71. The minimum absolute atomic E-state index is 0.395. The third-order valence-corrected chi connectivity index (χ3v) is 4.57. The zero-order valence-corrected chi connectivity index (χ0v) is 9.19. The van der Waals surface area contributed by atoms with Crippen LogP contribution in [0.5, 0.6) is 0 Å². The van der Waals surface area contributed by atoms with Crippen molar-refractivity contribution in [2.45, 2.75) is 6.61 Å². The topological polar surface area (TPSA) is 101 Å². The van der Waals surface area contributed by atoms with Crippen molar-refractivity contribution in [3.05, 3.63) is 35.9 Å². The molecule has 0 spiro atoms. The molecule has 1 aromatic carbocycles. The lowest BCUT2D eigenvalue weighted by Gasteiger charge is -2.06. The molecule has 84 valence electrons. The van der Waals surface area contributed by atoms with Gasteiger partial charge < -0.3 is 9.79 Å². The van der Waals surface area contributed by atoms with Gasteiger partial charge in [0, 0.05) is 0 Å². The summed E-state index contributed by atoms with van der Waals surface area (Å²) in [7, 11) is -4.83. The molecule has 0 atom stereocenters. The van der Waals surface area contributed by atoms with Gasteiger partial charge in [-0.15, -0.1) is 0 Å². The third kappa shape index (κ3) is 3.40. The van der Waals surface area contributed by atoms with Crippen molar-refractivity contribution in [1.29, 1.82) is 0 Å². The number of hydrogen-bond donors (Lipinski definition) is 2. The highest BCUT2D eigenvalue weighted by atomic mass is 32.8. The third-order valence-electron chi connectivity index (χ3n) is 1.51. The maximum atomic E-state index is 10.8. The molecule has 0 aliphatic heterocycles. The van der Waals surface area contributed by atoms with E-state index in [9.17, 15) is 13.0 Å². The zero-order chi connectivity index (χ0) is 11.5. The lowest BCUT2D eigenvalue weighted by molar-refractivity contribution is 0.302. The van der Waals surface area contributed by atoms with E-state index in [2.05, 4.69) is 4.18 Å². The van der Waals surface area contributed by atoms with E-state index >= 15 is 0 Å². The van der Waals surface area contributed by atoms with Gasteiger partial charge in [-0.05, 0) is 5.56 Å². The van der Waals surface area contributed by atoms with Gasteiger partial charge in [-0.25, -0.2) is 4.57 Å². The van der Waals surface area contributed by atoms with Gasteiger partial charge in [-0.3, -0.25) is 4.18 Å². The van der Waals surface area contributed by atoms with Gasteiger partial charge >= 0.3 is 16.5 Å². The largest absolute Gasteiger partial charge is 0.466 e. The first-order chi connectivity index (χ1) is 6.83. The van der Waals surface area contributed by atoms with E-state index in [4.69, 9.17) is 9.79 Å². The molecule has 0 aliphatic carbocycles. The van der Waals surface area contributed by atoms with Crippen molar-refractivity contribution in [2.24, 2.45) is 0 Å². The van der Waals surface area contributed by atoms with Crippen LogP contribution in [0.25, 0.3) is 0 Å². The van der Waals surface area contributed by atoms with Crippen molar-refractivity contribution < 1.29 is 27.0 Å². The molecule has 0 radical (unpaired) electrons. The molecule has 0 aromatic heterocycles. The van der Waals surface area contributed by atoms with Crippen LogP contribution in [0.15, 0.2) is 30.3 Å². The van der Waals surface area contributed by atoms with Crippen LogP contribution in [-0.4, -0.2) is 18.2 Å². The first-order valence-electron chi connectivity index (χ1n) is 3.82. The summed E-state index contributed by atoms with van der Waals surface area (Å²) >= 11 is 0. The number of hydrogen-bond acceptors (Lipinski definition) is 4. The lowest BCUT2D eigenvalue weighted by atomic mass is 10.2. The number of rotatable bonds is 4. The van der Waals surface area contributed by atoms with Gasteiger partial charge in [-0.2, -0.15) is 8.42 Å². The Labute approximate surface area is 86.5 Å². The van der Waals surface area contributed by atoms with Crippen molar-refractivity contribution in [2.75, 3.05) is 0 Å². The molecule has 6 nitrogen and oxygen atoms in total. The SMILES string of the molecule is O=P(O)(O)S(=O)(=O)OCc1ccccc1. The minimum Gasteiger partial charge on any atom is -0.312 e. The molecule has 0 unspecified atom stereocenters. The van der Waals surface area contributed by atoms with E-state index in [1.54, 1.807) is 30.3 Å². The highest BCUT2D eigenvalue weighted by molar-refractivity contribution is 8.46. The van der Waals surface area contributed by atoms with E-state index in [-0.39, 0.29) is 0 Å². The van der Waals surface area contributed by atoms with Crippen LogP contribution in [0.2, 0.25) is 0 Å². The second kappa shape index (κ2) is 4.42. The quantitative estimate of drug-likeness (QED) is 0.762. The molecular formula is C7H9O6PS. The molecule has 2 N–H and O–H groups in total. The van der Waals surface area contributed by atoms with Crippen molar-refractivity contribution >= 4 is 16.5 Å². The Morgan fingerprint density at radius 1 is 1.20 bits per heavy atom. The van der Waals surface area contributed by atoms with E-state index in [0.717, 1.165) is 0 Å². The smallest absolute Gasteiger partial charge is 0.312 e. The van der Waals surface area contributed by atoms with Crippen LogP contribution >= 0.6 is 6.80 Å².